The molecule has 2 aliphatic rings. The van der Waals surface area contributed by atoms with E-state index in [-0.39, 0.29) is 42.2 Å². The molecule has 1 amide bonds. The van der Waals surface area contributed by atoms with Crippen molar-refractivity contribution < 1.29 is 20.1 Å². The Kier molecular flexibility index (Phi) is 6.33. The van der Waals surface area contributed by atoms with E-state index in [0.29, 0.717) is 12.8 Å². The van der Waals surface area contributed by atoms with Crippen LogP contribution in [0.25, 0.3) is 0 Å². The van der Waals surface area contributed by atoms with Crippen LogP contribution in [0, 0.1) is 17.8 Å². The minimum atomic E-state index is -0.771. The summed E-state index contributed by atoms with van der Waals surface area (Å²) < 4.78 is 0. The van der Waals surface area contributed by atoms with Crippen LogP contribution >= 0.6 is 0 Å². The number of carbonyl (C=O) groups excluding carboxylic acids is 1. The second-order valence-electron chi connectivity index (χ2n) is 7.87. The molecule has 0 spiro atoms. The Hall–Kier alpha value is -1.43. The summed E-state index contributed by atoms with van der Waals surface area (Å²) in [5.74, 6) is -0.192. The summed E-state index contributed by atoms with van der Waals surface area (Å²) >= 11 is 0. The monoisotopic (exact) mass is 361 g/mol. The van der Waals surface area contributed by atoms with Gasteiger partial charge in [-0.15, -0.1) is 0 Å². The molecule has 2 saturated carbocycles. The Labute approximate surface area is 155 Å². The third-order valence-corrected chi connectivity index (χ3v) is 6.29. The molecular weight excluding hydrogens is 330 g/mol. The summed E-state index contributed by atoms with van der Waals surface area (Å²) in [6.07, 6.45) is 2.27. The molecule has 0 saturated heterocycles. The van der Waals surface area contributed by atoms with Gasteiger partial charge in [0.15, 0.2) is 0 Å². The minimum Gasteiger partial charge on any atom is -0.396 e. The van der Waals surface area contributed by atoms with Crippen molar-refractivity contribution in [1.82, 2.24) is 5.32 Å². The maximum atomic E-state index is 12.9. The van der Waals surface area contributed by atoms with E-state index < -0.39 is 12.2 Å². The van der Waals surface area contributed by atoms with Crippen molar-refractivity contribution >= 4 is 5.91 Å². The van der Waals surface area contributed by atoms with Gasteiger partial charge >= 0.3 is 0 Å². The lowest BCUT2D eigenvalue weighted by atomic mass is 9.77. The molecule has 0 heterocycles. The van der Waals surface area contributed by atoms with Gasteiger partial charge in [-0.25, -0.2) is 0 Å². The lowest BCUT2D eigenvalue weighted by Crippen LogP contribution is -2.52. The Bertz CT molecular complexity index is 593. The van der Waals surface area contributed by atoms with Crippen LogP contribution in [0.5, 0.6) is 0 Å². The molecule has 0 aliphatic heterocycles. The summed E-state index contributed by atoms with van der Waals surface area (Å²) in [5.41, 5.74) is 1.11. The van der Waals surface area contributed by atoms with Crippen LogP contribution in [0.4, 0.5) is 0 Å². The van der Waals surface area contributed by atoms with E-state index in [1.807, 2.05) is 30.3 Å². The summed E-state index contributed by atoms with van der Waals surface area (Å²) in [6.45, 7) is 2.16. The standard InChI is InChI=1S/C21H31NO4/c1-2-7-14(10-6-11-23)21(26)22-18-16-12-15(19(24)20(16)25)17(18)13-8-4-3-5-9-13/h3-5,8-9,14-20,23-25H,2,6-7,10-12H2,1H3,(H,22,26)/t14?,15-,16+,17+,18+,19-,20+/m1/s1. The highest BCUT2D eigenvalue weighted by Crippen LogP contribution is 2.53. The second kappa shape index (κ2) is 8.51. The number of benzene rings is 1. The van der Waals surface area contributed by atoms with Crippen LogP contribution in [0.3, 0.4) is 0 Å². The molecule has 2 aliphatic carbocycles. The van der Waals surface area contributed by atoms with Gasteiger partial charge in [-0.3, -0.25) is 4.79 Å². The van der Waals surface area contributed by atoms with Crippen molar-refractivity contribution in [1.29, 1.82) is 0 Å². The van der Waals surface area contributed by atoms with Gasteiger partial charge in [-0.1, -0.05) is 43.7 Å². The number of fused-ring (bicyclic) bond motifs is 2. The van der Waals surface area contributed by atoms with E-state index in [9.17, 15) is 15.0 Å². The smallest absolute Gasteiger partial charge is 0.223 e. The van der Waals surface area contributed by atoms with E-state index in [1.54, 1.807) is 0 Å². The Balaban J connectivity index is 1.78. The molecule has 0 radical (unpaired) electrons. The fraction of sp³-hybridized carbons (Fsp3) is 0.667. The van der Waals surface area contributed by atoms with E-state index in [0.717, 1.165) is 24.8 Å². The minimum absolute atomic E-state index is 0.0143. The third kappa shape index (κ3) is 3.66. The van der Waals surface area contributed by atoms with E-state index in [1.165, 1.54) is 0 Å². The first-order valence-corrected chi connectivity index (χ1v) is 9.90. The number of hydrogen-bond donors (Lipinski definition) is 4. The van der Waals surface area contributed by atoms with Gasteiger partial charge in [0.2, 0.25) is 5.91 Å². The summed E-state index contributed by atoms with van der Waals surface area (Å²) in [7, 11) is 0. The number of nitrogens with one attached hydrogen (secondary N) is 1. The Morgan fingerprint density at radius 3 is 2.50 bits per heavy atom. The fourth-order valence-electron chi connectivity index (χ4n) is 5.05. The number of aliphatic hydroxyl groups excluding tert-OH is 3. The van der Waals surface area contributed by atoms with Crippen molar-refractivity contribution in [3.8, 4) is 0 Å². The first-order valence-electron chi connectivity index (χ1n) is 9.90. The predicted octanol–water partition coefficient (Wildman–Crippen LogP) is 1.82. The lowest BCUT2D eigenvalue weighted by Gasteiger charge is -2.38. The number of hydrogen-bond acceptors (Lipinski definition) is 4. The largest absolute Gasteiger partial charge is 0.396 e. The lowest BCUT2D eigenvalue weighted by molar-refractivity contribution is -0.127. The summed E-state index contributed by atoms with van der Waals surface area (Å²) in [4.78, 5) is 12.9. The molecule has 0 aromatic heterocycles. The zero-order valence-electron chi connectivity index (χ0n) is 15.4. The van der Waals surface area contributed by atoms with Crippen LogP contribution in [-0.4, -0.2) is 46.1 Å². The van der Waals surface area contributed by atoms with Gasteiger partial charge in [0.1, 0.15) is 0 Å². The van der Waals surface area contributed by atoms with E-state index >= 15 is 0 Å². The molecule has 1 aromatic carbocycles. The van der Waals surface area contributed by atoms with Gasteiger partial charge in [-0.2, -0.15) is 0 Å². The van der Waals surface area contributed by atoms with Crippen molar-refractivity contribution in [3.05, 3.63) is 35.9 Å². The summed E-state index contributed by atoms with van der Waals surface area (Å²) in [6, 6.07) is 9.84. The zero-order valence-corrected chi connectivity index (χ0v) is 15.4. The normalized spacial score (nSPS) is 34.0. The maximum absolute atomic E-state index is 12.9. The van der Waals surface area contributed by atoms with E-state index in [2.05, 4.69) is 12.2 Å². The highest BCUT2D eigenvalue weighted by molar-refractivity contribution is 5.79. The fourth-order valence-corrected chi connectivity index (χ4v) is 5.05. The van der Waals surface area contributed by atoms with Crippen LogP contribution in [0.1, 0.15) is 50.5 Å². The van der Waals surface area contributed by atoms with Gasteiger partial charge in [-0.05, 0) is 37.2 Å². The van der Waals surface area contributed by atoms with Gasteiger partial charge in [0.25, 0.3) is 0 Å². The molecule has 26 heavy (non-hydrogen) atoms. The quantitative estimate of drug-likeness (QED) is 0.569. The van der Waals surface area contributed by atoms with Crippen LogP contribution in [-0.2, 0) is 4.79 Å². The molecule has 3 rings (SSSR count). The summed E-state index contributed by atoms with van der Waals surface area (Å²) in [5, 5.41) is 33.1. The Morgan fingerprint density at radius 1 is 1.15 bits per heavy atom. The number of carbonyl (C=O) groups is 1. The second-order valence-corrected chi connectivity index (χ2v) is 7.87. The zero-order chi connectivity index (χ0) is 18.7. The number of aliphatic hydroxyl groups is 3. The Morgan fingerprint density at radius 2 is 1.85 bits per heavy atom. The number of amides is 1. The molecule has 5 nitrogen and oxygen atoms in total. The highest BCUT2D eigenvalue weighted by atomic mass is 16.3. The van der Waals surface area contributed by atoms with Crippen molar-refractivity contribution in [3.63, 3.8) is 0 Å². The van der Waals surface area contributed by atoms with Crippen molar-refractivity contribution in [2.75, 3.05) is 6.61 Å². The first-order chi connectivity index (χ1) is 12.6. The molecule has 4 N–H and O–H groups in total. The first kappa shape index (κ1) is 19.3. The molecule has 7 atom stereocenters. The van der Waals surface area contributed by atoms with E-state index in [4.69, 9.17) is 5.11 Å². The van der Waals surface area contributed by atoms with Gasteiger partial charge in [0.05, 0.1) is 12.2 Å². The van der Waals surface area contributed by atoms with Crippen LogP contribution in [0.15, 0.2) is 30.3 Å². The SMILES string of the molecule is CCCC(CCCO)C(=O)N[C@H]1[C@@H]2C[C@@H]([C@@H](O)[C@H]2O)[C@@H]1c1ccccc1. The predicted molar refractivity (Wildman–Crippen MR) is 99.4 cm³/mol. The molecule has 1 aromatic rings. The third-order valence-electron chi connectivity index (χ3n) is 6.29. The van der Waals surface area contributed by atoms with Gasteiger partial charge in [0, 0.05) is 30.4 Å². The number of rotatable bonds is 8. The molecule has 2 bridgehead atoms. The molecule has 1 unspecified atom stereocenters. The molecular formula is C21H31NO4. The van der Waals surface area contributed by atoms with Gasteiger partial charge < -0.3 is 20.6 Å². The van der Waals surface area contributed by atoms with Crippen LogP contribution in [0.2, 0.25) is 0 Å². The molecule has 5 heteroatoms. The van der Waals surface area contributed by atoms with Crippen molar-refractivity contribution in [2.24, 2.45) is 17.8 Å². The molecule has 144 valence electrons. The van der Waals surface area contributed by atoms with Crippen LogP contribution < -0.4 is 5.32 Å². The average Bonchev–Trinajstić information content (AvgIpc) is 3.15. The van der Waals surface area contributed by atoms with Crippen molar-refractivity contribution in [2.45, 2.75) is 63.2 Å². The maximum Gasteiger partial charge on any atom is 0.223 e. The highest BCUT2D eigenvalue weighted by Gasteiger charge is 2.58. The topological polar surface area (TPSA) is 89.8 Å². The molecule has 2 fully saturated rings. The average molecular weight is 361 g/mol.